The molecule has 0 aliphatic carbocycles. The minimum atomic E-state index is -2.15. The molecule has 7 heteroatoms. The molecule has 1 rings (SSSR count). The van der Waals surface area contributed by atoms with Crippen molar-refractivity contribution in [1.29, 1.82) is 0 Å². The molecular formula is C11H26MgO5Si. The molecule has 1 heterocycles. The Balaban J connectivity index is -0.000000750. The van der Waals surface area contributed by atoms with Crippen LogP contribution in [0.3, 0.4) is 0 Å². The summed E-state index contributed by atoms with van der Waals surface area (Å²) in [4.78, 5) is 0. The van der Waals surface area contributed by atoms with Crippen LogP contribution >= 0.6 is 0 Å². The van der Waals surface area contributed by atoms with Crippen LogP contribution in [0.25, 0.3) is 0 Å². The summed E-state index contributed by atoms with van der Waals surface area (Å²) in [6, 6.07) is 1.06. The summed E-state index contributed by atoms with van der Waals surface area (Å²) < 4.78 is 17.4. The fourth-order valence-corrected chi connectivity index (χ4v) is 6.91. The molecule has 1 aliphatic rings. The second kappa shape index (κ2) is 10.6. The largest absolute Gasteiger partial charge is 2.00 e. The Bertz CT molecular complexity index is 200. The number of ether oxygens (including phenoxy) is 1. The van der Waals surface area contributed by atoms with Gasteiger partial charge in [0.1, 0.15) is 5.22 Å². The molecule has 0 bridgehead atoms. The van der Waals surface area contributed by atoms with Crippen molar-refractivity contribution in [3.8, 4) is 0 Å². The van der Waals surface area contributed by atoms with E-state index < -0.39 is 8.56 Å². The third kappa shape index (κ3) is 4.14. The first kappa shape index (κ1) is 23.8. The molecule has 0 saturated carbocycles. The van der Waals surface area contributed by atoms with Gasteiger partial charge in [-0.2, -0.15) is 0 Å². The molecule has 0 radical (unpaired) electrons. The number of rotatable bonds is 5. The normalized spacial score (nSPS) is 25.3. The summed E-state index contributed by atoms with van der Waals surface area (Å²) >= 11 is 0. The van der Waals surface area contributed by atoms with Crippen LogP contribution in [0.15, 0.2) is 0 Å². The Morgan fingerprint density at radius 3 is 2.00 bits per heavy atom. The summed E-state index contributed by atoms with van der Waals surface area (Å²) in [7, 11) is 3.22. The quantitative estimate of drug-likeness (QED) is 0.722. The van der Waals surface area contributed by atoms with E-state index >= 15 is 0 Å². The Hall–Kier alpha value is 0.783. The molecule has 1 fully saturated rings. The van der Waals surface area contributed by atoms with E-state index in [4.69, 9.17) is 13.6 Å². The molecule has 18 heavy (non-hydrogen) atoms. The van der Waals surface area contributed by atoms with Crippen molar-refractivity contribution in [3.05, 3.63) is 0 Å². The summed E-state index contributed by atoms with van der Waals surface area (Å²) in [5.74, 6) is 0. The molecule has 0 aromatic rings. The summed E-state index contributed by atoms with van der Waals surface area (Å²) in [6.45, 7) is 2.19. The van der Waals surface area contributed by atoms with Crippen molar-refractivity contribution >= 4 is 31.6 Å². The standard InChI is InChI=1S/C11H24O3Si.Mg.2H2O/c1-5-8-11(12-2)9-6-7-10-15(11,13-3)14-4;;;/h5-10H2,1-4H3;;2*1H2/q;+2;;/p-2. The molecular weight excluding hydrogens is 265 g/mol. The SMILES string of the molecule is CCCC1(OC)CCCC[Si]1(OC)OC.[Mg+2].[OH-].[OH-]. The number of methoxy groups -OCH3 is 1. The zero-order chi connectivity index (χ0) is 11.4. The van der Waals surface area contributed by atoms with Crippen LogP contribution in [-0.4, -0.2) is 69.1 Å². The third-order valence-corrected chi connectivity index (χ3v) is 8.16. The second-order valence-corrected chi connectivity index (χ2v) is 8.05. The Morgan fingerprint density at radius 1 is 1.06 bits per heavy atom. The Kier molecular flexibility index (Phi) is 14.0. The molecule has 0 amide bonds. The van der Waals surface area contributed by atoms with E-state index in [1.165, 1.54) is 12.8 Å². The van der Waals surface area contributed by atoms with Gasteiger partial charge in [0.15, 0.2) is 0 Å². The molecule has 5 nitrogen and oxygen atoms in total. The van der Waals surface area contributed by atoms with Gasteiger partial charge < -0.3 is 24.5 Å². The van der Waals surface area contributed by atoms with Gasteiger partial charge in [0.25, 0.3) is 0 Å². The third-order valence-electron chi connectivity index (χ3n) is 3.73. The fourth-order valence-electron chi connectivity index (χ4n) is 2.92. The molecule has 1 aliphatic heterocycles. The predicted molar refractivity (Wildman–Crippen MR) is 72.7 cm³/mol. The van der Waals surface area contributed by atoms with Crippen molar-refractivity contribution in [2.75, 3.05) is 21.3 Å². The van der Waals surface area contributed by atoms with Crippen LogP contribution < -0.4 is 0 Å². The maximum absolute atomic E-state index is 5.83. The Labute approximate surface area is 128 Å². The molecule has 0 spiro atoms. The molecule has 0 aromatic heterocycles. The van der Waals surface area contributed by atoms with E-state index in [0.29, 0.717) is 0 Å². The van der Waals surface area contributed by atoms with Gasteiger partial charge in [0.05, 0.1) is 0 Å². The van der Waals surface area contributed by atoms with Crippen LogP contribution in [0, 0.1) is 0 Å². The molecule has 2 N–H and O–H groups in total. The first-order chi connectivity index (χ1) is 7.20. The molecule has 1 unspecified atom stereocenters. The predicted octanol–water partition coefficient (Wildman–Crippen LogP) is 1.90. The van der Waals surface area contributed by atoms with E-state index in [1.54, 1.807) is 21.3 Å². The van der Waals surface area contributed by atoms with Crippen LogP contribution in [0.4, 0.5) is 0 Å². The summed E-state index contributed by atoms with van der Waals surface area (Å²) in [5.41, 5.74) is 0. The van der Waals surface area contributed by atoms with Gasteiger partial charge >= 0.3 is 31.6 Å². The average Bonchev–Trinajstić information content (AvgIpc) is 2.30. The van der Waals surface area contributed by atoms with Crippen LogP contribution in [0.2, 0.25) is 6.04 Å². The molecule has 0 aromatic carbocycles. The van der Waals surface area contributed by atoms with E-state index in [-0.39, 0.29) is 39.2 Å². The van der Waals surface area contributed by atoms with Crippen molar-refractivity contribution in [3.63, 3.8) is 0 Å². The van der Waals surface area contributed by atoms with E-state index in [9.17, 15) is 0 Å². The maximum Gasteiger partial charge on any atom is 2.00 e. The molecule has 106 valence electrons. The van der Waals surface area contributed by atoms with Gasteiger partial charge in [0, 0.05) is 21.3 Å². The van der Waals surface area contributed by atoms with Crippen molar-refractivity contribution in [1.82, 2.24) is 0 Å². The van der Waals surface area contributed by atoms with E-state index in [2.05, 4.69) is 6.92 Å². The molecule has 1 saturated heterocycles. The van der Waals surface area contributed by atoms with Crippen LogP contribution in [0.5, 0.6) is 0 Å². The van der Waals surface area contributed by atoms with E-state index in [1.807, 2.05) is 0 Å². The average molecular weight is 291 g/mol. The monoisotopic (exact) mass is 290 g/mol. The smallest absolute Gasteiger partial charge is 0.870 e. The van der Waals surface area contributed by atoms with Crippen LogP contribution in [0.1, 0.15) is 39.0 Å². The zero-order valence-corrected chi connectivity index (χ0v) is 14.5. The fraction of sp³-hybridized carbons (Fsp3) is 1.00. The number of hydrogen-bond acceptors (Lipinski definition) is 5. The van der Waals surface area contributed by atoms with Crippen LogP contribution in [-0.2, 0) is 13.6 Å². The topological polar surface area (TPSA) is 87.7 Å². The van der Waals surface area contributed by atoms with Gasteiger partial charge in [-0.1, -0.05) is 26.2 Å². The van der Waals surface area contributed by atoms with Crippen molar-refractivity contribution in [2.24, 2.45) is 0 Å². The van der Waals surface area contributed by atoms with Gasteiger partial charge in [-0.25, -0.2) is 0 Å². The van der Waals surface area contributed by atoms with Gasteiger partial charge in [-0.05, 0) is 18.9 Å². The minimum absolute atomic E-state index is 0. The van der Waals surface area contributed by atoms with Gasteiger partial charge in [0.2, 0.25) is 0 Å². The van der Waals surface area contributed by atoms with Crippen molar-refractivity contribution < 1.29 is 24.5 Å². The zero-order valence-electron chi connectivity index (χ0n) is 12.1. The maximum atomic E-state index is 5.83. The summed E-state index contributed by atoms with van der Waals surface area (Å²) in [6.07, 6.45) is 5.70. The molecule has 1 atom stereocenters. The van der Waals surface area contributed by atoms with Gasteiger partial charge in [-0.3, -0.25) is 0 Å². The minimum Gasteiger partial charge on any atom is -0.870 e. The second-order valence-electron chi connectivity index (χ2n) is 4.32. The Morgan fingerprint density at radius 2 is 1.61 bits per heavy atom. The van der Waals surface area contributed by atoms with Gasteiger partial charge in [-0.15, -0.1) is 0 Å². The first-order valence-electron chi connectivity index (χ1n) is 5.85. The van der Waals surface area contributed by atoms with E-state index in [0.717, 1.165) is 25.3 Å². The first-order valence-corrected chi connectivity index (χ1v) is 7.88. The summed E-state index contributed by atoms with van der Waals surface area (Å²) in [5, 5.41) is -0.122. The van der Waals surface area contributed by atoms with Crippen molar-refractivity contribution in [2.45, 2.75) is 50.3 Å². The number of hydrogen-bond donors (Lipinski definition) is 0.